The fourth-order valence-electron chi connectivity index (χ4n) is 2.22. The Hall–Kier alpha value is -0.640. The maximum absolute atomic E-state index is 4.53. The molecule has 0 amide bonds. The van der Waals surface area contributed by atoms with E-state index in [1.165, 1.54) is 37.2 Å². The van der Waals surface area contributed by atoms with Gasteiger partial charge in [0.2, 0.25) is 5.13 Å². The van der Waals surface area contributed by atoms with Crippen LogP contribution < -0.4 is 5.32 Å². The monoisotopic (exact) mass is 239 g/mol. The molecular weight excluding hydrogens is 218 g/mol. The van der Waals surface area contributed by atoms with Crippen LogP contribution in [0.15, 0.2) is 0 Å². The minimum absolute atomic E-state index is 0.426. The molecule has 1 aliphatic carbocycles. The van der Waals surface area contributed by atoms with Crippen LogP contribution in [0.3, 0.4) is 0 Å². The molecule has 2 unspecified atom stereocenters. The van der Waals surface area contributed by atoms with Crippen LogP contribution in [-0.2, 0) is 0 Å². The highest BCUT2D eigenvalue weighted by Gasteiger charge is 2.22. The zero-order valence-electron chi connectivity index (χ0n) is 10.4. The van der Waals surface area contributed by atoms with Crippen molar-refractivity contribution in [2.75, 3.05) is 5.32 Å². The predicted octanol–water partition coefficient (Wildman–Crippen LogP) is 3.65. The van der Waals surface area contributed by atoms with Gasteiger partial charge in [-0.1, -0.05) is 33.6 Å². The summed E-state index contributed by atoms with van der Waals surface area (Å²) in [4.78, 5) is 4.53. The van der Waals surface area contributed by atoms with Gasteiger partial charge < -0.3 is 5.32 Å². The van der Waals surface area contributed by atoms with Crippen molar-refractivity contribution >= 4 is 16.7 Å². The van der Waals surface area contributed by atoms with E-state index < -0.39 is 0 Å². The van der Waals surface area contributed by atoms with Crippen molar-refractivity contribution in [3.8, 4) is 0 Å². The zero-order chi connectivity index (χ0) is 11.5. The zero-order valence-corrected chi connectivity index (χ0v) is 11.2. The normalized spacial score (nSPS) is 26.0. The highest BCUT2D eigenvalue weighted by atomic mass is 32.1. The third kappa shape index (κ3) is 2.73. The van der Waals surface area contributed by atoms with Gasteiger partial charge in [0.25, 0.3) is 0 Å². The van der Waals surface area contributed by atoms with Gasteiger partial charge in [0, 0.05) is 23.5 Å². The van der Waals surface area contributed by atoms with E-state index in [2.05, 4.69) is 35.4 Å². The molecular formula is C12H21N3S. The van der Waals surface area contributed by atoms with E-state index in [9.17, 15) is 0 Å². The molecule has 1 heterocycles. The molecule has 1 aliphatic rings. The highest BCUT2D eigenvalue weighted by molar-refractivity contribution is 7.09. The van der Waals surface area contributed by atoms with Gasteiger partial charge in [-0.2, -0.15) is 4.37 Å². The first-order valence-corrected chi connectivity index (χ1v) is 7.04. The lowest BCUT2D eigenvalue weighted by molar-refractivity contribution is 0.349. The number of rotatable bonds is 3. The molecule has 1 aromatic rings. The van der Waals surface area contributed by atoms with Crippen LogP contribution in [0.4, 0.5) is 5.13 Å². The highest BCUT2D eigenvalue weighted by Crippen LogP contribution is 2.27. The topological polar surface area (TPSA) is 37.8 Å². The standard InChI is InChI=1S/C12H21N3S/c1-8(2)11-14-12(16-15-11)13-10-7-5-4-6-9(10)3/h8-10H,4-7H2,1-3H3,(H,13,14,15). The maximum atomic E-state index is 4.53. The average Bonchev–Trinajstić information content (AvgIpc) is 2.70. The summed E-state index contributed by atoms with van der Waals surface area (Å²) < 4.78 is 4.37. The van der Waals surface area contributed by atoms with Crippen LogP contribution in [0.5, 0.6) is 0 Å². The van der Waals surface area contributed by atoms with E-state index in [0.717, 1.165) is 16.9 Å². The van der Waals surface area contributed by atoms with Crippen molar-refractivity contribution in [3.63, 3.8) is 0 Å². The molecule has 0 aliphatic heterocycles. The smallest absolute Gasteiger partial charge is 0.202 e. The lowest BCUT2D eigenvalue weighted by atomic mass is 9.86. The summed E-state index contributed by atoms with van der Waals surface area (Å²) in [6, 6.07) is 0.599. The molecule has 1 fully saturated rings. The van der Waals surface area contributed by atoms with Crippen LogP contribution in [0.25, 0.3) is 0 Å². The molecule has 1 saturated carbocycles. The second-order valence-electron chi connectivity index (χ2n) is 5.13. The second-order valence-corrected chi connectivity index (χ2v) is 5.88. The van der Waals surface area contributed by atoms with Crippen molar-refractivity contribution in [2.45, 2.75) is 58.4 Å². The van der Waals surface area contributed by atoms with E-state index in [1.807, 2.05) is 0 Å². The molecule has 0 aromatic carbocycles. The van der Waals surface area contributed by atoms with Gasteiger partial charge in [0.1, 0.15) is 5.82 Å². The van der Waals surface area contributed by atoms with Crippen LogP contribution in [0.1, 0.15) is 58.2 Å². The molecule has 1 N–H and O–H groups in total. The number of anilines is 1. The lowest BCUT2D eigenvalue weighted by Gasteiger charge is -2.29. The Morgan fingerprint density at radius 3 is 2.69 bits per heavy atom. The average molecular weight is 239 g/mol. The Balaban J connectivity index is 1.97. The molecule has 16 heavy (non-hydrogen) atoms. The molecule has 2 rings (SSSR count). The van der Waals surface area contributed by atoms with Crippen molar-refractivity contribution in [2.24, 2.45) is 5.92 Å². The lowest BCUT2D eigenvalue weighted by Crippen LogP contribution is -2.30. The van der Waals surface area contributed by atoms with Crippen molar-refractivity contribution in [1.29, 1.82) is 0 Å². The fourth-order valence-corrected chi connectivity index (χ4v) is 2.99. The summed E-state index contributed by atoms with van der Waals surface area (Å²) >= 11 is 1.50. The predicted molar refractivity (Wildman–Crippen MR) is 69.0 cm³/mol. The summed E-state index contributed by atoms with van der Waals surface area (Å²) in [7, 11) is 0. The number of nitrogens with one attached hydrogen (secondary N) is 1. The van der Waals surface area contributed by atoms with E-state index >= 15 is 0 Å². The summed E-state index contributed by atoms with van der Waals surface area (Å²) in [6.45, 7) is 6.60. The van der Waals surface area contributed by atoms with Gasteiger partial charge in [-0.15, -0.1) is 0 Å². The van der Waals surface area contributed by atoms with Gasteiger partial charge >= 0.3 is 0 Å². The Morgan fingerprint density at radius 1 is 1.31 bits per heavy atom. The molecule has 90 valence electrons. The molecule has 0 bridgehead atoms. The first kappa shape index (κ1) is 11.8. The van der Waals surface area contributed by atoms with Gasteiger partial charge in [-0.3, -0.25) is 0 Å². The van der Waals surface area contributed by atoms with Gasteiger partial charge in [-0.05, 0) is 18.8 Å². The SMILES string of the molecule is CC(C)c1nsc(NC2CCCCC2C)n1. The van der Waals surface area contributed by atoms with Crippen LogP contribution >= 0.6 is 11.5 Å². The summed E-state index contributed by atoms with van der Waals surface area (Å²) in [5.41, 5.74) is 0. The van der Waals surface area contributed by atoms with Gasteiger partial charge in [-0.25, -0.2) is 4.98 Å². The largest absolute Gasteiger partial charge is 0.357 e. The number of aromatic nitrogens is 2. The Bertz CT molecular complexity index is 335. The number of hydrogen-bond acceptors (Lipinski definition) is 4. The first-order chi connectivity index (χ1) is 7.66. The number of hydrogen-bond donors (Lipinski definition) is 1. The molecule has 3 nitrogen and oxygen atoms in total. The molecule has 0 spiro atoms. The quantitative estimate of drug-likeness (QED) is 0.875. The molecule has 0 radical (unpaired) electrons. The molecule has 2 atom stereocenters. The maximum Gasteiger partial charge on any atom is 0.202 e. The third-order valence-corrected chi connectivity index (χ3v) is 4.04. The molecule has 4 heteroatoms. The summed E-state index contributed by atoms with van der Waals surface area (Å²) in [5.74, 6) is 2.16. The summed E-state index contributed by atoms with van der Waals surface area (Å²) in [6.07, 6.45) is 5.34. The van der Waals surface area contributed by atoms with Crippen LogP contribution in [0.2, 0.25) is 0 Å². The first-order valence-electron chi connectivity index (χ1n) is 6.27. The Kier molecular flexibility index (Phi) is 3.79. The van der Waals surface area contributed by atoms with Crippen LogP contribution in [-0.4, -0.2) is 15.4 Å². The van der Waals surface area contributed by atoms with Crippen molar-refractivity contribution < 1.29 is 0 Å². The second kappa shape index (κ2) is 5.13. The Labute approximate surface area is 102 Å². The number of nitrogens with zero attached hydrogens (tertiary/aromatic N) is 2. The van der Waals surface area contributed by atoms with E-state index in [1.54, 1.807) is 0 Å². The fraction of sp³-hybridized carbons (Fsp3) is 0.833. The summed E-state index contributed by atoms with van der Waals surface area (Å²) in [5, 5.41) is 4.55. The Morgan fingerprint density at radius 2 is 2.06 bits per heavy atom. The van der Waals surface area contributed by atoms with Gasteiger partial charge in [0.15, 0.2) is 0 Å². The molecule has 0 saturated heterocycles. The van der Waals surface area contributed by atoms with Crippen molar-refractivity contribution in [1.82, 2.24) is 9.36 Å². The van der Waals surface area contributed by atoms with E-state index in [-0.39, 0.29) is 0 Å². The van der Waals surface area contributed by atoms with Gasteiger partial charge in [0.05, 0.1) is 0 Å². The third-order valence-electron chi connectivity index (χ3n) is 3.38. The van der Waals surface area contributed by atoms with Crippen LogP contribution in [0, 0.1) is 5.92 Å². The minimum atomic E-state index is 0.426. The van der Waals surface area contributed by atoms with E-state index in [0.29, 0.717) is 12.0 Å². The minimum Gasteiger partial charge on any atom is -0.357 e. The molecule has 1 aromatic heterocycles. The van der Waals surface area contributed by atoms with E-state index in [4.69, 9.17) is 0 Å². The van der Waals surface area contributed by atoms with Crippen molar-refractivity contribution in [3.05, 3.63) is 5.82 Å².